The lowest BCUT2D eigenvalue weighted by Gasteiger charge is -2.17. The molecule has 19 heavy (non-hydrogen) atoms. The predicted octanol–water partition coefficient (Wildman–Crippen LogP) is 2.99. The highest BCUT2D eigenvalue weighted by atomic mass is 32.1. The molecule has 0 atom stereocenters. The van der Waals surface area contributed by atoms with Gasteiger partial charge in [-0.1, -0.05) is 20.8 Å². The van der Waals surface area contributed by atoms with Gasteiger partial charge in [0.2, 0.25) is 0 Å². The minimum atomic E-state index is 0.0327. The van der Waals surface area contributed by atoms with Crippen molar-refractivity contribution in [3.8, 4) is 0 Å². The van der Waals surface area contributed by atoms with Crippen LogP contribution in [0.1, 0.15) is 37.0 Å². The summed E-state index contributed by atoms with van der Waals surface area (Å²) in [7, 11) is 2.05. The molecule has 0 radical (unpaired) electrons. The maximum atomic E-state index is 5.84. The van der Waals surface area contributed by atoms with Crippen LogP contribution >= 0.6 is 22.7 Å². The number of anilines is 1. The number of nitrogens with two attached hydrogens (primary N) is 1. The zero-order valence-corrected chi connectivity index (χ0v) is 13.4. The Labute approximate surface area is 122 Å². The maximum Gasteiger partial charge on any atom is 0.185 e. The summed E-state index contributed by atoms with van der Waals surface area (Å²) in [4.78, 5) is 12.4. The van der Waals surface area contributed by atoms with Crippen LogP contribution in [0.2, 0.25) is 0 Å². The van der Waals surface area contributed by atoms with Gasteiger partial charge in [-0.2, -0.15) is 0 Å². The maximum absolute atomic E-state index is 5.84. The van der Waals surface area contributed by atoms with Crippen LogP contribution in [0.25, 0.3) is 0 Å². The van der Waals surface area contributed by atoms with Crippen LogP contribution in [0.4, 0.5) is 5.13 Å². The van der Waals surface area contributed by atoms with Gasteiger partial charge in [-0.3, -0.25) is 0 Å². The second-order valence-corrected chi connectivity index (χ2v) is 7.34. The standard InChI is InChI=1S/C13H20N4S2/c1-13(2,3)11-10(5-14)19-12(16-11)17(4)6-9-7-18-8-15-9/h7-8H,5-6,14H2,1-4H3. The van der Waals surface area contributed by atoms with E-state index < -0.39 is 0 Å². The van der Waals surface area contributed by atoms with Crippen molar-refractivity contribution in [3.63, 3.8) is 0 Å². The lowest BCUT2D eigenvalue weighted by molar-refractivity contribution is 0.566. The van der Waals surface area contributed by atoms with Gasteiger partial charge in [-0.15, -0.1) is 22.7 Å². The first-order valence-corrected chi connectivity index (χ1v) is 7.96. The molecule has 0 fully saturated rings. The fourth-order valence-corrected chi connectivity index (χ4v) is 3.51. The zero-order valence-electron chi connectivity index (χ0n) is 11.8. The highest BCUT2D eigenvalue weighted by Crippen LogP contribution is 2.33. The molecule has 0 unspecified atom stereocenters. The minimum absolute atomic E-state index is 0.0327. The van der Waals surface area contributed by atoms with Crippen molar-refractivity contribution in [1.82, 2.24) is 9.97 Å². The monoisotopic (exact) mass is 296 g/mol. The molecule has 2 aromatic rings. The van der Waals surface area contributed by atoms with Gasteiger partial charge in [-0.05, 0) is 0 Å². The third-order valence-corrected chi connectivity index (χ3v) is 4.62. The summed E-state index contributed by atoms with van der Waals surface area (Å²) in [5.41, 5.74) is 9.92. The Kier molecular flexibility index (Phi) is 4.23. The van der Waals surface area contributed by atoms with Crippen molar-refractivity contribution in [3.05, 3.63) is 27.2 Å². The number of nitrogens with zero attached hydrogens (tertiary/aromatic N) is 3. The van der Waals surface area contributed by atoms with Gasteiger partial charge in [0.1, 0.15) is 0 Å². The summed E-state index contributed by atoms with van der Waals surface area (Å²) in [6.45, 7) is 7.85. The van der Waals surface area contributed by atoms with E-state index in [0.29, 0.717) is 6.54 Å². The molecule has 0 amide bonds. The highest BCUT2D eigenvalue weighted by Gasteiger charge is 2.23. The second-order valence-electron chi connectivity index (χ2n) is 5.56. The smallest absolute Gasteiger partial charge is 0.185 e. The van der Waals surface area contributed by atoms with Gasteiger partial charge < -0.3 is 10.6 Å². The number of thiazole rings is 2. The first kappa shape index (κ1) is 14.4. The minimum Gasteiger partial charge on any atom is -0.345 e. The topological polar surface area (TPSA) is 55.0 Å². The number of rotatable bonds is 4. The van der Waals surface area contributed by atoms with Gasteiger partial charge in [0, 0.05) is 29.3 Å². The first-order valence-electron chi connectivity index (χ1n) is 6.20. The van der Waals surface area contributed by atoms with Crippen LogP contribution in [0.5, 0.6) is 0 Å². The van der Waals surface area contributed by atoms with Crippen molar-refractivity contribution >= 4 is 27.8 Å². The molecule has 4 nitrogen and oxygen atoms in total. The lowest BCUT2D eigenvalue weighted by atomic mass is 9.91. The van der Waals surface area contributed by atoms with Gasteiger partial charge in [-0.25, -0.2) is 9.97 Å². The Balaban J connectivity index is 2.23. The SMILES string of the molecule is CN(Cc1cscn1)c1nc(C(C)(C)C)c(CN)s1. The third kappa shape index (κ3) is 3.32. The van der Waals surface area contributed by atoms with E-state index in [1.54, 1.807) is 22.7 Å². The van der Waals surface area contributed by atoms with E-state index in [2.05, 4.69) is 36.0 Å². The summed E-state index contributed by atoms with van der Waals surface area (Å²) < 4.78 is 0. The van der Waals surface area contributed by atoms with E-state index in [1.807, 2.05) is 12.6 Å². The number of hydrogen-bond acceptors (Lipinski definition) is 6. The second kappa shape index (κ2) is 5.56. The van der Waals surface area contributed by atoms with Crippen LogP contribution in [0, 0.1) is 0 Å². The van der Waals surface area contributed by atoms with E-state index in [4.69, 9.17) is 10.7 Å². The summed E-state index contributed by atoms with van der Waals surface area (Å²) in [5.74, 6) is 0. The molecule has 0 aliphatic heterocycles. The first-order chi connectivity index (χ1) is 8.91. The normalized spacial score (nSPS) is 11.8. The Morgan fingerprint density at radius 1 is 1.37 bits per heavy atom. The molecule has 0 aliphatic carbocycles. The molecule has 2 heterocycles. The van der Waals surface area contributed by atoms with Gasteiger partial charge >= 0.3 is 0 Å². The predicted molar refractivity (Wildman–Crippen MR) is 82.9 cm³/mol. The number of aromatic nitrogens is 2. The molecule has 6 heteroatoms. The molecule has 2 N–H and O–H groups in total. The van der Waals surface area contributed by atoms with Gasteiger partial charge in [0.25, 0.3) is 0 Å². The summed E-state index contributed by atoms with van der Waals surface area (Å²) >= 11 is 3.30. The zero-order chi connectivity index (χ0) is 14.0. The Bertz CT molecular complexity index is 525. The average molecular weight is 296 g/mol. The molecule has 0 aromatic carbocycles. The fraction of sp³-hybridized carbons (Fsp3) is 0.538. The number of hydrogen-bond donors (Lipinski definition) is 1. The Morgan fingerprint density at radius 3 is 2.58 bits per heavy atom. The molecule has 2 aromatic heterocycles. The Morgan fingerprint density at radius 2 is 2.11 bits per heavy atom. The van der Waals surface area contributed by atoms with E-state index in [-0.39, 0.29) is 5.41 Å². The largest absolute Gasteiger partial charge is 0.345 e. The average Bonchev–Trinajstić information content (AvgIpc) is 2.95. The van der Waals surface area contributed by atoms with Crippen molar-refractivity contribution in [2.24, 2.45) is 5.73 Å². The van der Waals surface area contributed by atoms with Crippen LogP contribution in [-0.4, -0.2) is 17.0 Å². The molecule has 2 rings (SSSR count). The molecule has 0 saturated heterocycles. The van der Waals surface area contributed by atoms with Gasteiger partial charge in [0.15, 0.2) is 5.13 Å². The highest BCUT2D eigenvalue weighted by molar-refractivity contribution is 7.15. The van der Waals surface area contributed by atoms with Gasteiger partial charge in [0.05, 0.1) is 23.4 Å². The summed E-state index contributed by atoms with van der Waals surface area (Å²) in [6.07, 6.45) is 0. The van der Waals surface area contributed by atoms with E-state index in [9.17, 15) is 0 Å². The van der Waals surface area contributed by atoms with Crippen molar-refractivity contribution in [2.45, 2.75) is 39.3 Å². The van der Waals surface area contributed by atoms with Crippen LogP contribution < -0.4 is 10.6 Å². The van der Waals surface area contributed by atoms with E-state index >= 15 is 0 Å². The van der Waals surface area contributed by atoms with E-state index in [1.165, 1.54) is 4.88 Å². The van der Waals surface area contributed by atoms with Crippen LogP contribution in [-0.2, 0) is 18.5 Å². The molecular weight excluding hydrogens is 276 g/mol. The summed E-state index contributed by atoms with van der Waals surface area (Å²) in [5, 5.41) is 3.08. The van der Waals surface area contributed by atoms with Crippen molar-refractivity contribution in [1.29, 1.82) is 0 Å². The lowest BCUT2D eigenvalue weighted by Crippen LogP contribution is -2.18. The molecule has 104 valence electrons. The quantitative estimate of drug-likeness (QED) is 0.942. The molecular formula is C13H20N4S2. The molecule has 0 aliphatic rings. The third-order valence-electron chi connectivity index (χ3n) is 2.79. The summed E-state index contributed by atoms with van der Waals surface area (Å²) in [6, 6.07) is 0. The molecule has 0 spiro atoms. The Hall–Kier alpha value is -0.980. The van der Waals surface area contributed by atoms with E-state index in [0.717, 1.165) is 23.1 Å². The fourth-order valence-electron chi connectivity index (χ4n) is 1.85. The molecule has 0 bridgehead atoms. The van der Waals surface area contributed by atoms with Crippen molar-refractivity contribution < 1.29 is 0 Å². The van der Waals surface area contributed by atoms with Crippen molar-refractivity contribution in [2.75, 3.05) is 11.9 Å². The van der Waals surface area contributed by atoms with Crippen LogP contribution in [0.15, 0.2) is 10.9 Å². The van der Waals surface area contributed by atoms with Crippen LogP contribution in [0.3, 0.4) is 0 Å². The molecule has 0 saturated carbocycles.